The van der Waals surface area contributed by atoms with Crippen molar-refractivity contribution in [3.8, 4) is 0 Å². The first-order chi connectivity index (χ1) is 7.36. The van der Waals surface area contributed by atoms with E-state index in [9.17, 15) is 0 Å². The summed E-state index contributed by atoms with van der Waals surface area (Å²) in [7, 11) is 0. The van der Waals surface area contributed by atoms with Crippen LogP contribution in [0.4, 0.5) is 0 Å². The lowest BCUT2D eigenvalue weighted by atomic mass is 10.1. The monoisotopic (exact) mass is 211 g/mol. The summed E-state index contributed by atoms with van der Waals surface area (Å²) >= 11 is 0. The van der Waals surface area contributed by atoms with E-state index in [0.717, 1.165) is 45.3 Å². The minimum Gasteiger partial charge on any atom is -0.353 e. The maximum absolute atomic E-state index is 6.95. The molecule has 2 atom stereocenters. The van der Waals surface area contributed by atoms with Crippen molar-refractivity contribution < 1.29 is 9.47 Å². The van der Waals surface area contributed by atoms with Gasteiger partial charge < -0.3 is 14.3 Å². The molecule has 0 N–H and O–H groups in total. The molecule has 1 heterocycles. The van der Waals surface area contributed by atoms with Crippen LogP contribution in [0.3, 0.4) is 0 Å². The minimum atomic E-state index is 0.0202. The van der Waals surface area contributed by atoms with Crippen LogP contribution >= 0.6 is 0 Å². The van der Waals surface area contributed by atoms with Crippen molar-refractivity contribution in [1.82, 2.24) is 0 Å². The van der Waals surface area contributed by atoms with Crippen LogP contribution in [-0.4, -0.2) is 25.5 Å². The lowest BCUT2D eigenvalue weighted by molar-refractivity contribution is -0.162. The SMILES string of the molecule is [C-]#[N+]C(CC)CCCOC1CCCCO1. The van der Waals surface area contributed by atoms with Gasteiger partial charge in [0.2, 0.25) is 6.04 Å². The van der Waals surface area contributed by atoms with E-state index in [0.29, 0.717) is 0 Å². The molecule has 1 aliphatic heterocycles. The molecule has 0 spiro atoms. The first kappa shape index (κ1) is 12.5. The van der Waals surface area contributed by atoms with Crippen LogP contribution < -0.4 is 0 Å². The first-order valence-electron chi connectivity index (χ1n) is 5.96. The number of hydrogen-bond donors (Lipinski definition) is 0. The van der Waals surface area contributed by atoms with Crippen LogP contribution in [0, 0.1) is 6.57 Å². The second-order valence-corrected chi connectivity index (χ2v) is 4.00. The molecule has 0 aliphatic carbocycles. The van der Waals surface area contributed by atoms with E-state index >= 15 is 0 Å². The third-order valence-corrected chi connectivity index (χ3v) is 2.78. The molecule has 0 aromatic rings. The van der Waals surface area contributed by atoms with Crippen molar-refractivity contribution in [3.63, 3.8) is 0 Å². The van der Waals surface area contributed by atoms with Gasteiger partial charge >= 0.3 is 0 Å². The highest BCUT2D eigenvalue weighted by Crippen LogP contribution is 2.14. The van der Waals surface area contributed by atoms with Crippen molar-refractivity contribution >= 4 is 0 Å². The molecule has 0 bridgehead atoms. The molecule has 86 valence electrons. The highest BCUT2D eigenvalue weighted by Gasteiger charge is 2.14. The summed E-state index contributed by atoms with van der Waals surface area (Å²) < 4.78 is 11.1. The van der Waals surface area contributed by atoms with Gasteiger partial charge in [0.15, 0.2) is 6.29 Å². The highest BCUT2D eigenvalue weighted by atomic mass is 16.7. The van der Waals surface area contributed by atoms with Crippen LogP contribution in [0.15, 0.2) is 0 Å². The summed E-state index contributed by atoms with van der Waals surface area (Å²) in [5.74, 6) is 0. The predicted octanol–water partition coefficient (Wildman–Crippen LogP) is 3.01. The van der Waals surface area contributed by atoms with Gasteiger partial charge in [0.25, 0.3) is 0 Å². The van der Waals surface area contributed by atoms with Gasteiger partial charge in [-0.15, -0.1) is 0 Å². The Hall–Kier alpha value is -0.590. The largest absolute Gasteiger partial charge is 0.353 e. The topological polar surface area (TPSA) is 22.8 Å². The van der Waals surface area contributed by atoms with Crippen LogP contribution in [0.5, 0.6) is 0 Å². The van der Waals surface area contributed by atoms with Crippen LogP contribution in [-0.2, 0) is 9.47 Å². The van der Waals surface area contributed by atoms with Crippen LogP contribution in [0.1, 0.15) is 45.4 Å². The van der Waals surface area contributed by atoms with Crippen LogP contribution in [0.25, 0.3) is 4.85 Å². The van der Waals surface area contributed by atoms with Crippen molar-refractivity contribution in [2.75, 3.05) is 13.2 Å². The van der Waals surface area contributed by atoms with Gasteiger partial charge in [0.1, 0.15) is 0 Å². The first-order valence-corrected chi connectivity index (χ1v) is 5.96. The third kappa shape index (κ3) is 5.15. The van der Waals surface area contributed by atoms with Crippen molar-refractivity contribution in [2.45, 2.75) is 57.8 Å². The Labute approximate surface area is 92.6 Å². The number of nitrogens with zero attached hydrogens (tertiary/aromatic N) is 1. The summed E-state index contributed by atoms with van der Waals surface area (Å²) in [5, 5.41) is 0. The molecule has 0 saturated carbocycles. The number of rotatable bonds is 6. The van der Waals surface area contributed by atoms with E-state index in [-0.39, 0.29) is 12.3 Å². The quantitative estimate of drug-likeness (QED) is 0.498. The zero-order valence-electron chi connectivity index (χ0n) is 9.58. The zero-order chi connectivity index (χ0) is 10.9. The van der Waals surface area contributed by atoms with Gasteiger partial charge in [0, 0.05) is 19.4 Å². The summed E-state index contributed by atoms with van der Waals surface area (Å²) in [4.78, 5) is 3.55. The van der Waals surface area contributed by atoms with Crippen molar-refractivity contribution in [1.29, 1.82) is 0 Å². The summed E-state index contributed by atoms with van der Waals surface area (Å²) in [5.41, 5.74) is 0. The molecule has 0 radical (unpaired) electrons. The van der Waals surface area contributed by atoms with Gasteiger partial charge in [-0.05, 0) is 25.7 Å². The smallest absolute Gasteiger partial charge is 0.223 e. The summed E-state index contributed by atoms with van der Waals surface area (Å²) in [6.45, 7) is 10.6. The molecule has 2 unspecified atom stereocenters. The zero-order valence-corrected chi connectivity index (χ0v) is 9.58. The second-order valence-electron chi connectivity index (χ2n) is 4.00. The molecule has 3 heteroatoms. The van der Waals surface area contributed by atoms with E-state index in [1.807, 2.05) is 0 Å². The molecule has 1 fully saturated rings. The Morgan fingerprint density at radius 2 is 2.40 bits per heavy atom. The van der Waals surface area contributed by atoms with E-state index in [1.165, 1.54) is 6.42 Å². The Morgan fingerprint density at radius 3 is 3.00 bits per heavy atom. The van der Waals surface area contributed by atoms with Gasteiger partial charge in [0.05, 0.1) is 6.61 Å². The fourth-order valence-electron chi connectivity index (χ4n) is 1.74. The molecule has 1 rings (SSSR count). The fraction of sp³-hybridized carbons (Fsp3) is 0.917. The van der Waals surface area contributed by atoms with Gasteiger partial charge in [-0.25, -0.2) is 6.57 Å². The fourth-order valence-corrected chi connectivity index (χ4v) is 1.74. The van der Waals surface area contributed by atoms with E-state index in [4.69, 9.17) is 16.0 Å². The van der Waals surface area contributed by atoms with E-state index in [1.54, 1.807) is 0 Å². The maximum atomic E-state index is 6.95. The Balaban J connectivity index is 1.98. The average molecular weight is 211 g/mol. The molecular formula is C12H21NO2. The minimum absolute atomic E-state index is 0.0202. The van der Waals surface area contributed by atoms with Crippen LogP contribution in [0.2, 0.25) is 0 Å². The molecule has 1 aliphatic rings. The normalized spacial score (nSPS) is 23.3. The third-order valence-electron chi connectivity index (χ3n) is 2.78. The summed E-state index contributed by atoms with van der Waals surface area (Å²) in [6.07, 6.45) is 6.29. The number of ether oxygens (including phenoxy) is 2. The van der Waals surface area contributed by atoms with Crippen molar-refractivity contribution in [3.05, 3.63) is 11.4 Å². The molecule has 0 aromatic carbocycles. The maximum Gasteiger partial charge on any atom is 0.223 e. The summed E-state index contributed by atoms with van der Waals surface area (Å²) in [6, 6.07) is 0.181. The van der Waals surface area contributed by atoms with Gasteiger partial charge in [-0.2, -0.15) is 0 Å². The average Bonchev–Trinajstić information content (AvgIpc) is 2.31. The lowest BCUT2D eigenvalue weighted by Crippen LogP contribution is -2.22. The Kier molecular flexibility index (Phi) is 6.38. The lowest BCUT2D eigenvalue weighted by Gasteiger charge is -2.22. The molecular weight excluding hydrogens is 190 g/mol. The second kappa shape index (κ2) is 7.67. The molecule has 0 amide bonds. The molecule has 3 nitrogen and oxygen atoms in total. The molecule has 0 aromatic heterocycles. The highest BCUT2D eigenvalue weighted by molar-refractivity contribution is 4.76. The standard InChI is InChI=1S/C12H21NO2/c1-3-11(13-2)7-6-10-15-12-8-4-5-9-14-12/h11-12H,3-10H2,1H3. The molecule has 1 saturated heterocycles. The van der Waals surface area contributed by atoms with Gasteiger partial charge in [-0.3, -0.25) is 0 Å². The Bertz CT molecular complexity index is 194. The van der Waals surface area contributed by atoms with E-state index in [2.05, 4.69) is 11.8 Å². The molecule has 15 heavy (non-hydrogen) atoms. The van der Waals surface area contributed by atoms with E-state index < -0.39 is 0 Å². The number of hydrogen-bond acceptors (Lipinski definition) is 2. The van der Waals surface area contributed by atoms with Crippen molar-refractivity contribution in [2.24, 2.45) is 0 Å². The predicted molar refractivity (Wildman–Crippen MR) is 59.5 cm³/mol. The Morgan fingerprint density at radius 1 is 1.53 bits per heavy atom. The van der Waals surface area contributed by atoms with Gasteiger partial charge in [-0.1, -0.05) is 6.92 Å².